The molecule has 0 radical (unpaired) electrons. The number of hydrogen-bond acceptors (Lipinski definition) is 6. The quantitative estimate of drug-likeness (QED) is 0.778. The summed E-state index contributed by atoms with van der Waals surface area (Å²) in [5, 5.41) is 0. The van der Waals surface area contributed by atoms with Crippen LogP contribution < -0.4 is 18.9 Å². The summed E-state index contributed by atoms with van der Waals surface area (Å²) in [7, 11) is 5.95. The van der Waals surface area contributed by atoms with E-state index >= 15 is 0 Å². The van der Waals surface area contributed by atoms with Gasteiger partial charge in [-0.05, 0) is 29.8 Å². The molecule has 1 aliphatic rings. The minimum absolute atomic E-state index is 0.256. The largest absolute Gasteiger partial charge is 0.493 e. The third kappa shape index (κ3) is 2.50. The van der Waals surface area contributed by atoms with Crippen molar-refractivity contribution in [2.75, 3.05) is 28.4 Å². The molecule has 6 nitrogen and oxygen atoms in total. The summed E-state index contributed by atoms with van der Waals surface area (Å²) in [6.07, 6.45) is 0. The second-order valence-corrected chi connectivity index (χ2v) is 5.50. The predicted octanol–water partition coefficient (Wildman–Crippen LogP) is 2.88. The molecule has 0 heterocycles. The molecule has 25 heavy (non-hydrogen) atoms. The normalized spacial score (nSPS) is 15.8. The fraction of sp³-hybridized carbons (Fsp3) is 0.263. The Balaban J connectivity index is 2.12. The maximum atomic E-state index is 13.0. The molecule has 2 aromatic carbocycles. The Kier molecular flexibility index (Phi) is 4.35. The zero-order valence-corrected chi connectivity index (χ0v) is 14.4. The van der Waals surface area contributed by atoms with Gasteiger partial charge in [0.15, 0.2) is 34.6 Å². The molecular formula is C19H18O6. The summed E-state index contributed by atoms with van der Waals surface area (Å²) in [5.41, 5.74) is 1.14. The van der Waals surface area contributed by atoms with Crippen molar-refractivity contribution in [2.24, 2.45) is 0 Å². The van der Waals surface area contributed by atoms with E-state index in [9.17, 15) is 9.59 Å². The lowest BCUT2D eigenvalue weighted by molar-refractivity contribution is 0.0889. The fourth-order valence-electron chi connectivity index (χ4n) is 3.13. The van der Waals surface area contributed by atoms with Gasteiger partial charge in [0.1, 0.15) is 5.92 Å². The Bertz CT molecular complexity index is 855. The SMILES string of the molecule is COc1ccc(C2C(=O)c3ccc(OC)c(OC)c3C2=O)cc1OC. The van der Waals surface area contributed by atoms with Crippen LogP contribution in [-0.4, -0.2) is 40.0 Å². The Labute approximate surface area is 145 Å². The molecule has 0 fully saturated rings. The van der Waals surface area contributed by atoms with E-state index in [1.807, 2.05) is 0 Å². The van der Waals surface area contributed by atoms with Crippen LogP contribution in [0.2, 0.25) is 0 Å². The lowest BCUT2D eigenvalue weighted by Gasteiger charge is -2.12. The molecular weight excluding hydrogens is 324 g/mol. The molecule has 0 aliphatic heterocycles. The minimum atomic E-state index is -0.934. The highest BCUT2D eigenvalue weighted by atomic mass is 16.5. The number of ketones is 2. The van der Waals surface area contributed by atoms with Crippen molar-refractivity contribution in [3.05, 3.63) is 47.0 Å². The number of rotatable bonds is 5. The highest BCUT2D eigenvalue weighted by Crippen LogP contribution is 2.44. The van der Waals surface area contributed by atoms with Crippen LogP contribution >= 0.6 is 0 Å². The molecule has 130 valence electrons. The Morgan fingerprint density at radius 2 is 1.36 bits per heavy atom. The van der Waals surface area contributed by atoms with Crippen molar-refractivity contribution in [1.82, 2.24) is 0 Å². The van der Waals surface area contributed by atoms with Gasteiger partial charge in [-0.2, -0.15) is 0 Å². The first-order valence-electron chi connectivity index (χ1n) is 7.62. The average Bonchev–Trinajstić information content (AvgIpc) is 2.90. The molecule has 0 aromatic heterocycles. The molecule has 1 unspecified atom stereocenters. The second-order valence-electron chi connectivity index (χ2n) is 5.50. The average molecular weight is 342 g/mol. The number of Topliss-reactive ketones (excluding diaryl/α,β-unsaturated/α-hetero) is 2. The summed E-state index contributed by atoms with van der Waals surface area (Å²) in [5.74, 6) is 0.158. The van der Waals surface area contributed by atoms with Crippen molar-refractivity contribution >= 4 is 11.6 Å². The predicted molar refractivity (Wildman–Crippen MR) is 90.5 cm³/mol. The van der Waals surface area contributed by atoms with E-state index < -0.39 is 5.92 Å². The number of fused-ring (bicyclic) bond motifs is 1. The van der Waals surface area contributed by atoms with E-state index in [4.69, 9.17) is 18.9 Å². The van der Waals surface area contributed by atoms with E-state index in [1.165, 1.54) is 28.4 Å². The summed E-state index contributed by atoms with van der Waals surface area (Å²) < 4.78 is 21.0. The van der Waals surface area contributed by atoms with Gasteiger partial charge in [-0.1, -0.05) is 6.07 Å². The summed E-state index contributed by atoms with van der Waals surface area (Å²) >= 11 is 0. The first kappa shape index (κ1) is 16.8. The lowest BCUT2D eigenvalue weighted by atomic mass is 9.94. The van der Waals surface area contributed by atoms with Crippen molar-refractivity contribution in [1.29, 1.82) is 0 Å². The first-order valence-corrected chi connectivity index (χ1v) is 7.62. The lowest BCUT2D eigenvalue weighted by Crippen LogP contribution is -2.13. The van der Waals surface area contributed by atoms with E-state index in [0.717, 1.165) is 0 Å². The van der Waals surface area contributed by atoms with Gasteiger partial charge >= 0.3 is 0 Å². The summed E-state index contributed by atoms with van der Waals surface area (Å²) in [4.78, 5) is 25.8. The molecule has 3 rings (SSSR count). The number of methoxy groups -OCH3 is 4. The van der Waals surface area contributed by atoms with Crippen LogP contribution in [-0.2, 0) is 0 Å². The number of hydrogen-bond donors (Lipinski definition) is 0. The maximum Gasteiger partial charge on any atom is 0.182 e. The number of benzene rings is 2. The van der Waals surface area contributed by atoms with E-state index in [0.29, 0.717) is 28.4 Å². The third-order valence-corrected chi connectivity index (χ3v) is 4.32. The molecule has 0 bridgehead atoms. The van der Waals surface area contributed by atoms with Gasteiger partial charge in [0.25, 0.3) is 0 Å². The van der Waals surface area contributed by atoms with E-state index in [2.05, 4.69) is 0 Å². The molecule has 0 saturated heterocycles. The van der Waals surface area contributed by atoms with Gasteiger partial charge in [-0.3, -0.25) is 9.59 Å². The number of carbonyl (C=O) groups is 2. The summed E-state index contributed by atoms with van der Waals surface area (Å²) in [6.45, 7) is 0. The topological polar surface area (TPSA) is 71.1 Å². The highest BCUT2D eigenvalue weighted by molar-refractivity contribution is 6.31. The van der Waals surface area contributed by atoms with Gasteiger partial charge in [-0.25, -0.2) is 0 Å². The van der Waals surface area contributed by atoms with E-state index in [1.54, 1.807) is 30.3 Å². The zero-order valence-electron chi connectivity index (χ0n) is 14.4. The second kappa shape index (κ2) is 6.47. The monoisotopic (exact) mass is 342 g/mol. The zero-order chi connectivity index (χ0) is 18.1. The number of ether oxygens (including phenoxy) is 4. The molecule has 0 spiro atoms. The van der Waals surface area contributed by atoms with Gasteiger partial charge in [-0.15, -0.1) is 0 Å². The minimum Gasteiger partial charge on any atom is -0.493 e. The molecule has 1 atom stereocenters. The van der Waals surface area contributed by atoms with Crippen LogP contribution in [0.4, 0.5) is 0 Å². The Morgan fingerprint density at radius 1 is 0.720 bits per heavy atom. The van der Waals surface area contributed by atoms with Crippen LogP contribution in [0.25, 0.3) is 0 Å². The maximum absolute atomic E-state index is 13.0. The summed E-state index contributed by atoms with van der Waals surface area (Å²) in [6, 6.07) is 8.24. The van der Waals surface area contributed by atoms with Gasteiger partial charge < -0.3 is 18.9 Å². The van der Waals surface area contributed by atoms with Crippen molar-refractivity contribution in [3.8, 4) is 23.0 Å². The molecule has 6 heteroatoms. The van der Waals surface area contributed by atoms with Gasteiger partial charge in [0, 0.05) is 5.56 Å². The van der Waals surface area contributed by atoms with Crippen LogP contribution in [0.3, 0.4) is 0 Å². The fourth-order valence-corrected chi connectivity index (χ4v) is 3.13. The van der Waals surface area contributed by atoms with Gasteiger partial charge in [0.05, 0.1) is 34.0 Å². The molecule has 2 aromatic rings. The highest BCUT2D eigenvalue weighted by Gasteiger charge is 2.43. The standard InChI is InChI=1S/C19H18O6/c1-22-12-7-5-10(9-14(12)24-3)15-17(20)11-6-8-13(23-2)19(25-4)16(11)18(15)21/h5-9,15H,1-4H3. The Morgan fingerprint density at radius 3 is 1.96 bits per heavy atom. The molecule has 0 N–H and O–H groups in total. The Hall–Kier alpha value is -3.02. The van der Waals surface area contributed by atoms with Crippen LogP contribution in [0.5, 0.6) is 23.0 Å². The van der Waals surface area contributed by atoms with Gasteiger partial charge in [0.2, 0.25) is 0 Å². The molecule has 1 aliphatic carbocycles. The van der Waals surface area contributed by atoms with Crippen LogP contribution in [0, 0.1) is 0 Å². The van der Waals surface area contributed by atoms with Crippen LogP contribution in [0.15, 0.2) is 30.3 Å². The number of carbonyl (C=O) groups excluding carboxylic acids is 2. The third-order valence-electron chi connectivity index (χ3n) is 4.32. The van der Waals surface area contributed by atoms with Crippen molar-refractivity contribution in [3.63, 3.8) is 0 Å². The van der Waals surface area contributed by atoms with Crippen LogP contribution in [0.1, 0.15) is 32.2 Å². The first-order chi connectivity index (χ1) is 12.1. The van der Waals surface area contributed by atoms with Crippen molar-refractivity contribution in [2.45, 2.75) is 5.92 Å². The smallest absolute Gasteiger partial charge is 0.182 e. The molecule has 0 amide bonds. The van der Waals surface area contributed by atoms with Crippen molar-refractivity contribution < 1.29 is 28.5 Å². The van der Waals surface area contributed by atoms with E-state index in [-0.39, 0.29) is 22.9 Å². The molecule has 0 saturated carbocycles.